The third-order valence-electron chi connectivity index (χ3n) is 2.61. The molecule has 0 bridgehead atoms. The van der Waals surface area contributed by atoms with Crippen LogP contribution in [0.15, 0.2) is 40.9 Å². The molecule has 0 amide bonds. The van der Waals surface area contributed by atoms with Crippen molar-refractivity contribution in [1.82, 2.24) is 0 Å². The van der Waals surface area contributed by atoms with Gasteiger partial charge in [-0.2, -0.15) is 0 Å². The highest BCUT2D eigenvalue weighted by molar-refractivity contribution is 9.10. The van der Waals surface area contributed by atoms with E-state index in [2.05, 4.69) is 15.9 Å². The molecule has 2 aromatic rings. The molecule has 2 N–H and O–H groups in total. The normalized spacial score (nSPS) is 10.3. The van der Waals surface area contributed by atoms with Gasteiger partial charge in [0.1, 0.15) is 23.8 Å². The number of nitrogen functional groups attached to an aromatic ring is 1. The Morgan fingerprint density at radius 1 is 1.21 bits per heavy atom. The SMILES string of the molecule is COc1ccc(COc2cc(Br)cc(F)c2N)cc1. The van der Waals surface area contributed by atoms with Gasteiger partial charge in [-0.3, -0.25) is 0 Å². The van der Waals surface area contributed by atoms with Crippen LogP contribution in [0.3, 0.4) is 0 Å². The molecular formula is C14H13BrFNO2. The summed E-state index contributed by atoms with van der Waals surface area (Å²) in [6.45, 7) is 0.310. The highest BCUT2D eigenvalue weighted by atomic mass is 79.9. The fourth-order valence-corrected chi connectivity index (χ4v) is 1.97. The van der Waals surface area contributed by atoms with Gasteiger partial charge < -0.3 is 15.2 Å². The second kappa shape index (κ2) is 5.93. The van der Waals surface area contributed by atoms with E-state index in [4.69, 9.17) is 15.2 Å². The third-order valence-corrected chi connectivity index (χ3v) is 3.07. The maximum atomic E-state index is 13.4. The lowest BCUT2D eigenvalue weighted by molar-refractivity contribution is 0.306. The fraction of sp³-hybridized carbons (Fsp3) is 0.143. The van der Waals surface area contributed by atoms with Crippen molar-refractivity contribution in [3.63, 3.8) is 0 Å². The Labute approximate surface area is 119 Å². The molecule has 0 saturated carbocycles. The van der Waals surface area contributed by atoms with E-state index in [9.17, 15) is 4.39 Å². The molecule has 0 heterocycles. The second-order valence-electron chi connectivity index (χ2n) is 3.94. The lowest BCUT2D eigenvalue weighted by atomic mass is 10.2. The largest absolute Gasteiger partial charge is 0.497 e. The molecule has 2 rings (SSSR count). The Kier molecular flexibility index (Phi) is 4.27. The maximum absolute atomic E-state index is 13.4. The molecule has 0 saturated heterocycles. The van der Waals surface area contributed by atoms with Gasteiger partial charge in [-0.25, -0.2) is 4.39 Å². The smallest absolute Gasteiger partial charge is 0.151 e. The third kappa shape index (κ3) is 3.38. The lowest BCUT2D eigenvalue weighted by Gasteiger charge is -2.10. The van der Waals surface area contributed by atoms with Crippen LogP contribution in [-0.4, -0.2) is 7.11 Å². The van der Waals surface area contributed by atoms with Crippen molar-refractivity contribution >= 4 is 21.6 Å². The van der Waals surface area contributed by atoms with Gasteiger partial charge in [-0.15, -0.1) is 0 Å². The summed E-state index contributed by atoms with van der Waals surface area (Å²) in [5.41, 5.74) is 6.58. The number of hydrogen-bond acceptors (Lipinski definition) is 3. The average molecular weight is 326 g/mol. The molecule has 0 aliphatic carbocycles. The Hall–Kier alpha value is -1.75. The Balaban J connectivity index is 2.09. The number of methoxy groups -OCH3 is 1. The molecule has 0 spiro atoms. The molecule has 0 unspecified atom stereocenters. The molecule has 3 nitrogen and oxygen atoms in total. The first-order chi connectivity index (χ1) is 9.10. The second-order valence-corrected chi connectivity index (χ2v) is 4.85. The summed E-state index contributed by atoms with van der Waals surface area (Å²) in [5, 5.41) is 0. The highest BCUT2D eigenvalue weighted by Crippen LogP contribution is 2.29. The van der Waals surface area contributed by atoms with Gasteiger partial charge in [-0.1, -0.05) is 28.1 Å². The van der Waals surface area contributed by atoms with E-state index in [0.29, 0.717) is 16.8 Å². The van der Waals surface area contributed by atoms with Crippen LogP contribution in [0, 0.1) is 5.82 Å². The molecule has 0 radical (unpaired) electrons. The van der Waals surface area contributed by atoms with Crippen LogP contribution in [0.25, 0.3) is 0 Å². The monoisotopic (exact) mass is 325 g/mol. The maximum Gasteiger partial charge on any atom is 0.151 e. The van der Waals surface area contributed by atoms with Crippen LogP contribution in [0.5, 0.6) is 11.5 Å². The molecule has 100 valence electrons. The van der Waals surface area contributed by atoms with Crippen LogP contribution < -0.4 is 15.2 Å². The molecule has 0 aliphatic heterocycles. The minimum absolute atomic E-state index is 0.0108. The van der Waals surface area contributed by atoms with Gasteiger partial charge >= 0.3 is 0 Å². The first-order valence-corrected chi connectivity index (χ1v) is 6.39. The zero-order chi connectivity index (χ0) is 13.8. The summed E-state index contributed by atoms with van der Waals surface area (Å²) >= 11 is 3.20. The zero-order valence-electron chi connectivity index (χ0n) is 10.3. The van der Waals surface area contributed by atoms with Gasteiger partial charge in [0.05, 0.1) is 7.11 Å². The average Bonchev–Trinajstić information content (AvgIpc) is 2.41. The first-order valence-electron chi connectivity index (χ1n) is 5.60. The van der Waals surface area contributed by atoms with E-state index < -0.39 is 5.82 Å². The van der Waals surface area contributed by atoms with E-state index in [1.165, 1.54) is 6.07 Å². The number of anilines is 1. The number of rotatable bonds is 4. The van der Waals surface area contributed by atoms with Gasteiger partial charge in [0.25, 0.3) is 0 Å². The van der Waals surface area contributed by atoms with E-state index in [1.54, 1.807) is 13.2 Å². The predicted molar refractivity (Wildman–Crippen MR) is 75.8 cm³/mol. The minimum Gasteiger partial charge on any atom is -0.497 e. The fourth-order valence-electron chi connectivity index (χ4n) is 1.56. The summed E-state index contributed by atoms with van der Waals surface area (Å²) in [6.07, 6.45) is 0. The molecule has 0 aromatic heterocycles. The molecule has 0 atom stereocenters. The molecule has 0 aliphatic rings. The molecule has 2 aromatic carbocycles. The molecule has 5 heteroatoms. The van der Waals surface area contributed by atoms with Crippen LogP contribution in [0.1, 0.15) is 5.56 Å². The first kappa shape index (κ1) is 13.7. The summed E-state index contributed by atoms with van der Waals surface area (Å²) in [6, 6.07) is 10.4. The number of halogens is 2. The Morgan fingerprint density at radius 2 is 1.89 bits per heavy atom. The van der Waals surface area contributed by atoms with E-state index in [1.807, 2.05) is 24.3 Å². The Morgan fingerprint density at radius 3 is 2.53 bits per heavy atom. The van der Waals surface area contributed by atoms with E-state index >= 15 is 0 Å². The topological polar surface area (TPSA) is 44.5 Å². The van der Waals surface area contributed by atoms with Gasteiger partial charge in [0.2, 0.25) is 0 Å². The summed E-state index contributed by atoms with van der Waals surface area (Å²) < 4.78 is 24.6. The number of nitrogens with two attached hydrogens (primary N) is 1. The van der Waals surface area contributed by atoms with Crippen LogP contribution in [0.4, 0.5) is 10.1 Å². The van der Waals surface area contributed by atoms with Crippen LogP contribution in [-0.2, 0) is 6.61 Å². The quantitative estimate of drug-likeness (QED) is 0.870. The predicted octanol–water partition coefficient (Wildman–Crippen LogP) is 3.76. The van der Waals surface area contributed by atoms with Crippen LogP contribution in [0.2, 0.25) is 0 Å². The Bertz CT molecular complexity index is 572. The van der Waals surface area contributed by atoms with Crippen LogP contribution >= 0.6 is 15.9 Å². The van der Waals surface area contributed by atoms with Crippen molar-refractivity contribution in [3.05, 3.63) is 52.3 Å². The summed E-state index contributed by atoms with van der Waals surface area (Å²) in [4.78, 5) is 0. The molecular weight excluding hydrogens is 313 g/mol. The summed E-state index contributed by atoms with van der Waals surface area (Å²) in [7, 11) is 1.61. The van der Waals surface area contributed by atoms with Gasteiger partial charge in [0.15, 0.2) is 5.82 Å². The minimum atomic E-state index is -0.501. The zero-order valence-corrected chi connectivity index (χ0v) is 11.9. The van der Waals surface area contributed by atoms with Crippen molar-refractivity contribution in [3.8, 4) is 11.5 Å². The lowest BCUT2D eigenvalue weighted by Crippen LogP contribution is -2.01. The van der Waals surface area contributed by atoms with Crippen molar-refractivity contribution < 1.29 is 13.9 Å². The van der Waals surface area contributed by atoms with Gasteiger partial charge in [-0.05, 0) is 29.8 Å². The van der Waals surface area contributed by atoms with E-state index in [0.717, 1.165) is 11.3 Å². The highest BCUT2D eigenvalue weighted by Gasteiger charge is 2.08. The number of hydrogen-bond donors (Lipinski definition) is 1. The number of benzene rings is 2. The molecule has 19 heavy (non-hydrogen) atoms. The van der Waals surface area contributed by atoms with Crippen molar-refractivity contribution in [1.29, 1.82) is 0 Å². The van der Waals surface area contributed by atoms with Crippen molar-refractivity contribution in [2.24, 2.45) is 0 Å². The molecule has 0 fully saturated rings. The standard InChI is InChI=1S/C14H13BrFNO2/c1-18-11-4-2-9(3-5-11)8-19-13-7-10(15)6-12(16)14(13)17/h2-7H,8,17H2,1H3. The number of ether oxygens (including phenoxy) is 2. The van der Waals surface area contributed by atoms with Gasteiger partial charge in [0, 0.05) is 4.47 Å². The van der Waals surface area contributed by atoms with Crippen molar-refractivity contribution in [2.45, 2.75) is 6.61 Å². The van der Waals surface area contributed by atoms with E-state index in [-0.39, 0.29) is 5.69 Å². The van der Waals surface area contributed by atoms with Crippen molar-refractivity contribution in [2.75, 3.05) is 12.8 Å². The summed E-state index contributed by atoms with van der Waals surface area (Å²) in [5.74, 6) is 0.596.